The summed E-state index contributed by atoms with van der Waals surface area (Å²) in [7, 11) is 0. The van der Waals surface area contributed by atoms with Crippen molar-refractivity contribution in [3.63, 3.8) is 0 Å². The third kappa shape index (κ3) is 4.47. The molecule has 6 aliphatic rings. The summed E-state index contributed by atoms with van der Waals surface area (Å²) in [4.78, 5) is 15.5. The van der Waals surface area contributed by atoms with Crippen molar-refractivity contribution in [2.75, 3.05) is 36.8 Å². The molecular formula is C36H47FN6O. The zero-order valence-electron chi connectivity index (χ0n) is 26.3. The van der Waals surface area contributed by atoms with Crippen LogP contribution in [0.3, 0.4) is 0 Å². The SMILES string of the molecule is CC1CCC2(CCc3c(nc(CCC45CCCN4CC(F)C5)nc3N3CC4(CCC(O)CC4)C3)C2)c2c1ccc(N)c2C#N. The number of aliphatic hydroxyl groups is 1. The topological polar surface area (TPSA) is 102 Å². The van der Waals surface area contributed by atoms with E-state index in [2.05, 4.69) is 28.9 Å². The number of nitrogens with two attached hydrogens (primary N) is 1. The fourth-order valence-corrected chi connectivity index (χ4v) is 10.5. The number of halogens is 1. The minimum atomic E-state index is -0.725. The van der Waals surface area contributed by atoms with Crippen LogP contribution in [0.2, 0.25) is 0 Å². The standard InChI is InChI=1S/C36H47FN6O/c1-23-5-13-35(32-26(23)3-4-29(39)28(32)19-38)14-8-27-30(18-35)40-31(9-15-36-10-2-16-43(36)20-24(37)17-36)41-33(27)42-21-34(22-42)11-6-25(44)7-12-34/h3-4,23-25,44H,2,5-18,20-22,39H2,1H3. The smallest absolute Gasteiger partial charge is 0.135 e. The van der Waals surface area contributed by atoms with Gasteiger partial charge in [-0.05, 0) is 113 Å². The number of benzene rings is 1. The van der Waals surface area contributed by atoms with Gasteiger partial charge in [0.1, 0.15) is 23.9 Å². The van der Waals surface area contributed by atoms with Gasteiger partial charge in [0.2, 0.25) is 0 Å². The van der Waals surface area contributed by atoms with Crippen LogP contribution in [0.5, 0.6) is 0 Å². The van der Waals surface area contributed by atoms with E-state index in [1.165, 1.54) is 16.7 Å². The number of nitriles is 1. The number of aryl methyl sites for hydroxylation is 1. The Labute approximate surface area is 261 Å². The van der Waals surface area contributed by atoms with Crippen LogP contribution >= 0.6 is 0 Å². The van der Waals surface area contributed by atoms with Gasteiger partial charge < -0.3 is 15.7 Å². The van der Waals surface area contributed by atoms with Crippen molar-refractivity contribution in [2.24, 2.45) is 5.41 Å². The van der Waals surface area contributed by atoms with E-state index in [0.717, 1.165) is 120 Å². The van der Waals surface area contributed by atoms with E-state index in [1.807, 2.05) is 6.07 Å². The molecule has 0 radical (unpaired) electrons. The van der Waals surface area contributed by atoms with Crippen LogP contribution in [0.4, 0.5) is 15.9 Å². The number of aromatic nitrogens is 2. The zero-order valence-corrected chi connectivity index (χ0v) is 26.3. The van der Waals surface area contributed by atoms with Crippen LogP contribution in [-0.4, -0.2) is 64.0 Å². The summed E-state index contributed by atoms with van der Waals surface area (Å²) in [6.45, 7) is 5.87. The van der Waals surface area contributed by atoms with Gasteiger partial charge in [0.15, 0.2) is 0 Å². The number of nitrogens with zero attached hydrogens (tertiary/aromatic N) is 5. The van der Waals surface area contributed by atoms with E-state index in [9.17, 15) is 14.8 Å². The minimum Gasteiger partial charge on any atom is -0.398 e. The van der Waals surface area contributed by atoms with Crippen LogP contribution in [0.25, 0.3) is 0 Å². The van der Waals surface area contributed by atoms with Gasteiger partial charge in [-0.1, -0.05) is 13.0 Å². The van der Waals surface area contributed by atoms with Crippen molar-refractivity contribution in [3.8, 4) is 6.07 Å². The molecule has 2 aromatic rings. The Balaban J connectivity index is 1.15. The minimum absolute atomic E-state index is 0.0402. The van der Waals surface area contributed by atoms with Crippen molar-refractivity contribution in [3.05, 3.63) is 45.9 Å². The summed E-state index contributed by atoms with van der Waals surface area (Å²) < 4.78 is 14.6. The maximum atomic E-state index is 14.6. The summed E-state index contributed by atoms with van der Waals surface area (Å²) in [5.74, 6) is 2.42. The molecule has 0 amide bonds. The second-order valence-electron chi connectivity index (χ2n) is 15.6. The molecule has 44 heavy (non-hydrogen) atoms. The Bertz CT molecular complexity index is 1500. The van der Waals surface area contributed by atoms with Crippen molar-refractivity contribution in [1.82, 2.24) is 14.9 Å². The molecule has 1 aromatic heterocycles. The first-order valence-electron chi connectivity index (χ1n) is 17.3. The molecule has 4 unspecified atom stereocenters. The van der Waals surface area contributed by atoms with E-state index in [-0.39, 0.29) is 17.1 Å². The second-order valence-corrected chi connectivity index (χ2v) is 15.6. The maximum Gasteiger partial charge on any atom is 0.135 e. The van der Waals surface area contributed by atoms with Gasteiger partial charge in [-0.15, -0.1) is 0 Å². The van der Waals surface area contributed by atoms with Crippen molar-refractivity contribution >= 4 is 11.5 Å². The van der Waals surface area contributed by atoms with Gasteiger partial charge in [-0.2, -0.15) is 5.26 Å². The molecule has 2 spiro atoms. The molecule has 7 nitrogen and oxygen atoms in total. The quantitative estimate of drug-likeness (QED) is 0.448. The first-order chi connectivity index (χ1) is 21.2. The van der Waals surface area contributed by atoms with Crippen LogP contribution in [0.1, 0.15) is 117 Å². The first-order valence-corrected chi connectivity index (χ1v) is 17.3. The van der Waals surface area contributed by atoms with Crippen molar-refractivity contribution in [1.29, 1.82) is 5.26 Å². The molecular weight excluding hydrogens is 551 g/mol. The third-order valence-corrected chi connectivity index (χ3v) is 12.9. The molecule has 3 aliphatic carbocycles. The number of hydrogen-bond donors (Lipinski definition) is 2. The van der Waals surface area contributed by atoms with Crippen molar-refractivity contribution in [2.45, 2.75) is 126 Å². The largest absolute Gasteiger partial charge is 0.398 e. The molecule has 3 aliphatic heterocycles. The molecule has 3 N–H and O–H groups in total. The first kappa shape index (κ1) is 28.7. The highest BCUT2D eigenvalue weighted by Gasteiger charge is 2.50. The number of aliphatic hydroxyl groups excluding tert-OH is 1. The molecule has 4 atom stereocenters. The van der Waals surface area contributed by atoms with E-state index in [1.54, 1.807) is 0 Å². The molecule has 0 bridgehead atoms. The molecule has 8 heteroatoms. The average molecular weight is 599 g/mol. The predicted octanol–water partition coefficient (Wildman–Crippen LogP) is 5.50. The summed E-state index contributed by atoms with van der Waals surface area (Å²) in [5, 5.41) is 20.4. The highest BCUT2D eigenvalue weighted by molar-refractivity contribution is 5.65. The van der Waals surface area contributed by atoms with Gasteiger partial charge >= 0.3 is 0 Å². The summed E-state index contributed by atoms with van der Waals surface area (Å²) in [6, 6.07) is 6.57. The van der Waals surface area contributed by atoms with Gasteiger partial charge in [0.05, 0.1) is 17.4 Å². The Kier molecular flexibility index (Phi) is 6.77. The van der Waals surface area contributed by atoms with Crippen molar-refractivity contribution < 1.29 is 9.50 Å². The molecule has 1 aromatic carbocycles. The highest BCUT2D eigenvalue weighted by atomic mass is 19.1. The number of anilines is 2. The van der Waals surface area contributed by atoms with E-state index in [4.69, 9.17) is 15.7 Å². The van der Waals surface area contributed by atoms with Gasteiger partial charge in [0.25, 0.3) is 0 Å². The zero-order chi connectivity index (χ0) is 30.3. The lowest BCUT2D eigenvalue weighted by Gasteiger charge is -2.54. The van der Waals surface area contributed by atoms with E-state index in [0.29, 0.717) is 35.5 Å². The predicted molar refractivity (Wildman–Crippen MR) is 169 cm³/mol. The number of rotatable bonds is 4. The third-order valence-electron chi connectivity index (χ3n) is 12.9. The van der Waals surface area contributed by atoms with Crippen LogP contribution in [0.15, 0.2) is 12.1 Å². The number of hydrogen-bond acceptors (Lipinski definition) is 7. The van der Waals surface area contributed by atoms with Crippen LogP contribution in [0, 0.1) is 16.7 Å². The molecule has 4 heterocycles. The molecule has 3 saturated heterocycles. The highest BCUT2D eigenvalue weighted by Crippen LogP contribution is 2.53. The number of fused-ring (bicyclic) bond motifs is 4. The summed E-state index contributed by atoms with van der Waals surface area (Å²) >= 11 is 0. The normalized spacial score (nSPS) is 32.7. The Morgan fingerprint density at radius 2 is 1.93 bits per heavy atom. The molecule has 8 rings (SSSR count). The van der Waals surface area contributed by atoms with Crippen LogP contribution < -0.4 is 10.6 Å². The summed E-state index contributed by atoms with van der Waals surface area (Å²) in [5.41, 5.74) is 12.7. The fourth-order valence-electron chi connectivity index (χ4n) is 10.5. The van der Waals surface area contributed by atoms with Gasteiger partial charge in [-0.25, -0.2) is 14.4 Å². The monoisotopic (exact) mass is 598 g/mol. The number of alkyl halides is 1. The molecule has 234 valence electrons. The number of nitrogen functional groups attached to an aromatic ring is 1. The van der Waals surface area contributed by atoms with E-state index < -0.39 is 6.17 Å². The lowest BCUT2D eigenvalue weighted by atomic mass is 9.59. The molecule has 4 fully saturated rings. The average Bonchev–Trinajstić information content (AvgIpc) is 3.52. The van der Waals surface area contributed by atoms with Gasteiger partial charge in [-0.3, -0.25) is 4.90 Å². The Morgan fingerprint density at radius 1 is 1.11 bits per heavy atom. The lowest BCUT2D eigenvalue weighted by molar-refractivity contribution is 0.0449. The maximum absolute atomic E-state index is 14.6. The summed E-state index contributed by atoms with van der Waals surface area (Å²) in [6.07, 6.45) is 12.5. The lowest BCUT2D eigenvalue weighted by Crippen LogP contribution is -2.59. The van der Waals surface area contributed by atoms with Gasteiger partial charge in [0, 0.05) is 53.7 Å². The van der Waals surface area contributed by atoms with Crippen LogP contribution in [-0.2, 0) is 24.7 Å². The fraction of sp³-hybridized carbons (Fsp3) is 0.694. The Hall–Kier alpha value is -2.76. The Morgan fingerprint density at radius 3 is 2.73 bits per heavy atom. The second kappa shape index (κ2) is 10.4. The molecule has 1 saturated carbocycles. The van der Waals surface area contributed by atoms with E-state index >= 15 is 0 Å².